The average molecular weight is 698 g/mol. The van der Waals surface area contributed by atoms with Crippen LogP contribution in [-0.2, 0) is 0 Å². The van der Waals surface area contributed by atoms with Gasteiger partial charge in [0.25, 0.3) is 0 Å². The Hall–Kier alpha value is -7.29. The molecule has 2 heterocycles. The molecule has 0 saturated heterocycles. The molecule has 0 aliphatic carbocycles. The highest BCUT2D eigenvalue weighted by Crippen LogP contribution is 2.45. The fourth-order valence-corrected chi connectivity index (χ4v) is 9.15. The molecular weight excluding hydrogens is 667 g/mol. The molecule has 0 aliphatic rings. The highest BCUT2D eigenvalue weighted by molar-refractivity contribution is 6.27. The van der Waals surface area contributed by atoms with Crippen LogP contribution < -0.4 is 0 Å². The van der Waals surface area contributed by atoms with Crippen molar-refractivity contribution >= 4 is 86.6 Å². The molecule has 12 rings (SSSR count). The van der Waals surface area contributed by atoms with Crippen LogP contribution in [0.4, 0.5) is 0 Å². The van der Waals surface area contributed by atoms with Crippen molar-refractivity contribution in [1.29, 1.82) is 0 Å². The fraction of sp³-hybridized carbons (Fsp3) is 0. The molecule has 2 nitrogen and oxygen atoms in total. The maximum absolute atomic E-state index is 6.29. The Morgan fingerprint density at radius 2 is 0.745 bits per heavy atom. The van der Waals surface area contributed by atoms with Gasteiger partial charge in [0.2, 0.25) is 0 Å². The molecule has 2 aromatic heterocycles. The Balaban J connectivity index is 1.02. The zero-order valence-corrected chi connectivity index (χ0v) is 29.8. The Morgan fingerprint density at radius 3 is 1.35 bits per heavy atom. The third kappa shape index (κ3) is 4.52. The summed E-state index contributed by atoms with van der Waals surface area (Å²) < 4.78 is 6.29. The third-order valence-corrected chi connectivity index (χ3v) is 11.6. The lowest BCUT2D eigenvalue weighted by Gasteiger charge is -2.18. The molecule has 0 aliphatic heterocycles. The number of rotatable bonds is 3. The maximum Gasteiger partial charge on any atom is 0.136 e. The van der Waals surface area contributed by atoms with E-state index < -0.39 is 0 Å². The lowest BCUT2D eigenvalue weighted by Crippen LogP contribution is -1.92. The molecule has 12 aromatic rings. The van der Waals surface area contributed by atoms with Crippen molar-refractivity contribution in [1.82, 2.24) is 4.98 Å². The normalized spacial score (nSPS) is 12.0. The van der Waals surface area contributed by atoms with Gasteiger partial charge < -0.3 is 4.42 Å². The Morgan fingerprint density at radius 1 is 0.291 bits per heavy atom. The molecule has 0 bridgehead atoms. The summed E-state index contributed by atoms with van der Waals surface area (Å²) in [6, 6.07) is 66.0. The van der Waals surface area contributed by atoms with E-state index in [-0.39, 0.29) is 0 Å². The molecule has 2 heteroatoms. The first kappa shape index (κ1) is 30.2. The molecule has 0 saturated carbocycles. The summed E-state index contributed by atoms with van der Waals surface area (Å²) in [4.78, 5) is 5.10. The van der Waals surface area contributed by atoms with Crippen molar-refractivity contribution in [2.75, 3.05) is 0 Å². The van der Waals surface area contributed by atoms with Gasteiger partial charge in [-0.15, -0.1) is 0 Å². The van der Waals surface area contributed by atoms with Crippen LogP contribution in [-0.4, -0.2) is 4.98 Å². The minimum absolute atomic E-state index is 0.886. The van der Waals surface area contributed by atoms with E-state index in [4.69, 9.17) is 9.40 Å². The van der Waals surface area contributed by atoms with Gasteiger partial charge in [-0.05, 0) is 124 Å². The lowest BCUT2D eigenvalue weighted by atomic mass is 9.85. The zero-order chi connectivity index (χ0) is 36.0. The molecule has 254 valence electrons. The summed E-state index contributed by atoms with van der Waals surface area (Å²) in [5.74, 6) is 0. The van der Waals surface area contributed by atoms with E-state index in [1.54, 1.807) is 0 Å². The topological polar surface area (TPSA) is 26.0 Å². The third-order valence-electron chi connectivity index (χ3n) is 11.6. The molecule has 55 heavy (non-hydrogen) atoms. The molecular formula is C53H31NO. The summed E-state index contributed by atoms with van der Waals surface area (Å²) in [7, 11) is 0. The molecule has 0 fully saturated rings. The highest BCUT2D eigenvalue weighted by Gasteiger charge is 2.19. The smallest absolute Gasteiger partial charge is 0.136 e. The van der Waals surface area contributed by atoms with Crippen molar-refractivity contribution in [3.05, 3.63) is 188 Å². The van der Waals surface area contributed by atoms with Crippen LogP contribution in [0.1, 0.15) is 0 Å². The van der Waals surface area contributed by atoms with E-state index in [1.807, 2.05) is 6.20 Å². The van der Waals surface area contributed by atoms with Crippen LogP contribution >= 0.6 is 0 Å². The van der Waals surface area contributed by atoms with E-state index in [2.05, 4.69) is 182 Å². The van der Waals surface area contributed by atoms with Crippen LogP contribution in [0.2, 0.25) is 0 Å². The monoisotopic (exact) mass is 697 g/mol. The number of nitrogens with zero attached hydrogens (tertiary/aromatic N) is 1. The number of aromatic nitrogens is 1. The Kier molecular flexibility index (Phi) is 6.37. The summed E-state index contributed by atoms with van der Waals surface area (Å²) in [5.41, 5.74) is 8.56. The van der Waals surface area contributed by atoms with Gasteiger partial charge in [-0.2, -0.15) is 0 Å². The van der Waals surface area contributed by atoms with Crippen molar-refractivity contribution < 1.29 is 4.42 Å². The second-order valence-electron chi connectivity index (χ2n) is 14.6. The van der Waals surface area contributed by atoms with E-state index in [0.29, 0.717) is 0 Å². The van der Waals surface area contributed by atoms with Crippen LogP contribution in [0.25, 0.3) is 120 Å². The number of pyridine rings is 1. The van der Waals surface area contributed by atoms with Crippen LogP contribution in [0.15, 0.2) is 193 Å². The minimum Gasteiger partial charge on any atom is -0.456 e. The number of hydrogen-bond acceptors (Lipinski definition) is 2. The average Bonchev–Trinajstić information content (AvgIpc) is 3.61. The fourth-order valence-electron chi connectivity index (χ4n) is 9.15. The quantitative estimate of drug-likeness (QED) is 0.136. The van der Waals surface area contributed by atoms with Gasteiger partial charge in [0, 0.05) is 28.1 Å². The molecule has 0 amide bonds. The first-order valence-electron chi connectivity index (χ1n) is 18.9. The number of furan rings is 1. The summed E-state index contributed by atoms with van der Waals surface area (Å²) in [6.45, 7) is 0. The SMILES string of the molecule is c1ccc2cc3c(cc2c1)oc1ccc(-c2ccc(-c4c5ccccc5c(-c5ccc6c7ccccc7c7ccccc7c6c5)c5ccccc45)cn2)cc13. The summed E-state index contributed by atoms with van der Waals surface area (Å²) in [6.07, 6.45) is 2.04. The summed E-state index contributed by atoms with van der Waals surface area (Å²) >= 11 is 0. The molecule has 0 atom stereocenters. The van der Waals surface area contributed by atoms with Gasteiger partial charge in [-0.1, -0.05) is 140 Å². The van der Waals surface area contributed by atoms with Gasteiger partial charge in [-0.3, -0.25) is 4.98 Å². The van der Waals surface area contributed by atoms with Crippen molar-refractivity contribution in [2.45, 2.75) is 0 Å². The van der Waals surface area contributed by atoms with Crippen molar-refractivity contribution in [2.24, 2.45) is 0 Å². The minimum atomic E-state index is 0.886. The van der Waals surface area contributed by atoms with Gasteiger partial charge in [0.05, 0.1) is 5.69 Å². The first-order valence-corrected chi connectivity index (χ1v) is 18.9. The van der Waals surface area contributed by atoms with Gasteiger partial charge in [0.15, 0.2) is 0 Å². The molecule has 0 spiro atoms. The maximum atomic E-state index is 6.29. The van der Waals surface area contributed by atoms with E-state index in [1.165, 1.54) is 81.3 Å². The van der Waals surface area contributed by atoms with Crippen molar-refractivity contribution in [3.63, 3.8) is 0 Å². The highest BCUT2D eigenvalue weighted by atomic mass is 16.3. The first-order chi connectivity index (χ1) is 27.3. The second kappa shape index (κ2) is 11.6. The molecule has 0 radical (unpaired) electrons. The molecule has 0 N–H and O–H groups in total. The van der Waals surface area contributed by atoms with Crippen molar-refractivity contribution in [3.8, 4) is 33.5 Å². The van der Waals surface area contributed by atoms with E-state index in [9.17, 15) is 0 Å². The number of fused-ring (bicyclic) bond motifs is 12. The largest absolute Gasteiger partial charge is 0.456 e. The second-order valence-corrected chi connectivity index (χ2v) is 14.6. The van der Waals surface area contributed by atoms with Crippen LogP contribution in [0.3, 0.4) is 0 Å². The van der Waals surface area contributed by atoms with Gasteiger partial charge in [0.1, 0.15) is 11.2 Å². The number of hydrogen-bond donors (Lipinski definition) is 0. The Bertz CT molecular complexity index is 3450. The Labute approximate surface area is 316 Å². The van der Waals surface area contributed by atoms with Gasteiger partial charge >= 0.3 is 0 Å². The lowest BCUT2D eigenvalue weighted by molar-refractivity contribution is 0.669. The van der Waals surface area contributed by atoms with Crippen LogP contribution in [0, 0.1) is 0 Å². The summed E-state index contributed by atoms with van der Waals surface area (Å²) in [5, 5.41) is 17.2. The predicted molar refractivity (Wildman–Crippen MR) is 233 cm³/mol. The molecule has 0 unspecified atom stereocenters. The molecule has 10 aromatic carbocycles. The van der Waals surface area contributed by atoms with Crippen LogP contribution in [0.5, 0.6) is 0 Å². The number of benzene rings is 10. The zero-order valence-electron chi connectivity index (χ0n) is 29.8. The van der Waals surface area contributed by atoms with E-state index in [0.717, 1.165) is 38.8 Å². The predicted octanol–water partition coefficient (Wildman–Crippen LogP) is 14.9. The van der Waals surface area contributed by atoms with E-state index >= 15 is 0 Å². The van der Waals surface area contributed by atoms with Gasteiger partial charge in [-0.25, -0.2) is 0 Å². The standard InChI is InChI=1S/C53H31NO/c1-2-12-33-30-51-48(27-32(33)11-1)47-28-34(23-26-50(47)55-51)49-25-22-36(31-54-49)53-44-19-9-7-17-42(44)52(43-18-8-10-20-45(43)53)35-21-24-41-39-15-4-3-13-37(39)38-14-5-6-16-40(38)46(41)29-35/h1-31H.